The lowest BCUT2D eigenvalue weighted by Crippen LogP contribution is -2.19. The summed E-state index contributed by atoms with van der Waals surface area (Å²) in [6.07, 6.45) is 2.60. The number of para-hydroxylation sites is 1. The molecular formula is C17H21N5O2S. The largest absolute Gasteiger partial charge is 0.369 e. The van der Waals surface area contributed by atoms with Crippen molar-refractivity contribution in [3.8, 4) is 0 Å². The molecule has 0 atom stereocenters. The first kappa shape index (κ1) is 18.7. The highest BCUT2D eigenvalue weighted by Crippen LogP contribution is 2.18. The Morgan fingerprint density at radius 1 is 1.36 bits per heavy atom. The molecule has 0 unspecified atom stereocenters. The van der Waals surface area contributed by atoms with E-state index in [1.165, 1.54) is 11.8 Å². The average molecular weight is 359 g/mol. The van der Waals surface area contributed by atoms with Crippen LogP contribution >= 0.6 is 11.8 Å². The van der Waals surface area contributed by atoms with Gasteiger partial charge in [-0.05, 0) is 18.1 Å². The van der Waals surface area contributed by atoms with Crippen LogP contribution in [0.2, 0.25) is 0 Å². The van der Waals surface area contributed by atoms with Gasteiger partial charge in [0.1, 0.15) is 5.82 Å². The molecule has 2 amide bonds. The fourth-order valence-corrected chi connectivity index (χ4v) is 3.00. The zero-order valence-corrected chi connectivity index (χ0v) is 14.9. The van der Waals surface area contributed by atoms with Crippen LogP contribution in [0.1, 0.15) is 18.3 Å². The number of allylic oxidation sites excluding steroid dienone is 1. The number of nitrogens with two attached hydrogens (primary N) is 1. The third-order valence-corrected chi connectivity index (χ3v) is 4.43. The fraction of sp³-hybridized carbons (Fsp3) is 0.294. The van der Waals surface area contributed by atoms with Crippen molar-refractivity contribution >= 4 is 29.3 Å². The Morgan fingerprint density at radius 3 is 2.80 bits per heavy atom. The van der Waals surface area contributed by atoms with Crippen LogP contribution in [0.4, 0.5) is 5.69 Å². The van der Waals surface area contributed by atoms with Crippen molar-refractivity contribution in [3.63, 3.8) is 0 Å². The molecule has 0 saturated carbocycles. The van der Waals surface area contributed by atoms with Crippen molar-refractivity contribution in [3.05, 3.63) is 48.3 Å². The Labute approximate surface area is 150 Å². The van der Waals surface area contributed by atoms with E-state index in [0.717, 1.165) is 17.7 Å². The van der Waals surface area contributed by atoms with Gasteiger partial charge in [-0.1, -0.05) is 43.0 Å². The van der Waals surface area contributed by atoms with Gasteiger partial charge in [0.25, 0.3) is 0 Å². The first-order valence-electron chi connectivity index (χ1n) is 7.87. The molecule has 1 aromatic carbocycles. The zero-order chi connectivity index (χ0) is 18.2. The maximum Gasteiger partial charge on any atom is 0.232 e. The topological polar surface area (TPSA) is 103 Å². The Hall–Kier alpha value is -2.61. The van der Waals surface area contributed by atoms with Crippen LogP contribution in [0.15, 0.2) is 42.1 Å². The van der Waals surface area contributed by atoms with E-state index < -0.39 is 5.91 Å². The number of hydrogen-bond acceptors (Lipinski definition) is 5. The van der Waals surface area contributed by atoms with Gasteiger partial charge in [-0.15, -0.1) is 16.8 Å². The van der Waals surface area contributed by atoms with Crippen LogP contribution in [0.3, 0.4) is 0 Å². The molecule has 0 aliphatic heterocycles. The second-order valence-corrected chi connectivity index (χ2v) is 6.23. The molecule has 0 aliphatic carbocycles. The monoisotopic (exact) mass is 359 g/mol. The molecule has 0 aliphatic rings. The lowest BCUT2D eigenvalue weighted by atomic mass is 10.1. The van der Waals surface area contributed by atoms with Crippen molar-refractivity contribution in [2.45, 2.75) is 31.5 Å². The number of aryl methyl sites for hydroxylation is 1. The van der Waals surface area contributed by atoms with Crippen molar-refractivity contribution in [2.24, 2.45) is 5.73 Å². The van der Waals surface area contributed by atoms with Crippen molar-refractivity contribution < 1.29 is 9.59 Å². The van der Waals surface area contributed by atoms with E-state index in [-0.39, 0.29) is 18.1 Å². The number of thioether (sulfide) groups is 1. The summed E-state index contributed by atoms with van der Waals surface area (Å²) < 4.78 is 1.76. The molecule has 3 N–H and O–H groups in total. The van der Waals surface area contributed by atoms with Gasteiger partial charge in [-0.2, -0.15) is 0 Å². The fourth-order valence-electron chi connectivity index (χ4n) is 2.29. The molecule has 8 heteroatoms. The first-order chi connectivity index (χ1) is 12.0. The molecule has 0 saturated heterocycles. The molecule has 1 aromatic heterocycles. The van der Waals surface area contributed by atoms with E-state index in [2.05, 4.69) is 22.1 Å². The van der Waals surface area contributed by atoms with Crippen LogP contribution in [0.25, 0.3) is 0 Å². The highest BCUT2D eigenvalue weighted by atomic mass is 32.2. The van der Waals surface area contributed by atoms with Gasteiger partial charge in [-0.25, -0.2) is 0 Å². The molecular weight excluding hydrogens is 338 g/mol. The van der Waals surface area contributed by atoms with E-state index in [9.17, 15) is 9.59 Å². The maximum atomic E-state index is 12.4. The van der Waals surface area contributed by atoms with Crippen LogP contribution in [0, 0.1) is 0 Å². The molecule has 1 heterocycles. The molecule has 2 rings (SSSR count). The first-order valence-corrected chi connectivity index (χ1v) is 8.85. The second kappa shape index (κ2) is 9.03. The third kappa shape index (κ3) is 5.18. The molecule has 7 nitrogen and oxygen atoms in total. The minimum atomic E-state index is -0.436. The van der Waals surface area contributed by atoms with Crippen molar-refractivity contribution in [1.82, 2.24) is 14.8 Å². The summed E-state index contributed by atoms with van der Waals surface area (Å²) in [6, 6.07) is 7.68. The van der Waals surface area contributed by atoms with Crippen LogP contribution < -0.4 is 11.1 Å². The number of rotatable bonds is 9. The van der Waals surface area contributed by atoms with E-state index in [1.807, 2.05) is 31.2 Å². The second-order valence-electron chi connectivity index (χ2n) is 5.29. The third-order valence-electron chi connectivity index (χ3n) is 3.44. The number of nitrogens with one attached hydrogen (secondary N) is 1. The Kier molecular flexibility index (Phi) is 6.76. The van der Waals surface area contributed by atoms with Gasteiger partial charge in [0.05, 0.1) is 12.2 Å². The van der Waals surface area contributed by atoms with Crippen molar-refractivity contribution in [2.75, 3.05) is 11.1 Å². The van der Waals surface area contributed by atoms with Gasteiger partial charge in [0, 0.05) is 12.2 Å². The van der Waals surface area contributed by atoms with Gasteiger partial charge in [0.15, 0.2) is 5.16 Å². The quantitative estimate of drug-likeness (QED) is 0.525. The summed E-state index contributed by atoms with van der Waals surface area (Å²) in [7, 11) is 0. The number of nitrogens with zero attached hydrogens (tertiary/aromatic N) is 3. The van der Waals surface area contributed by atoms with E-state index in [4.69, 9.17) is 5.73 Å². The van der Waals surface area contributed by atoms with Gasteiger partial charge < -0.3 is 15.6 Å². The van der Waals surface area contributed by atoms with Crippen molar-refractivity contribution in [1.29, 1.82) is 0 Å². The normalized spacial score (nSPS) is 10.4. The lowest BCUT2D eigenvalue weighted by molar-refractivity contribution is -0.116. The average Bonchev–Trinajstić information content (AvgIpc) is 2.95. The minimum absolute atomic E-state index is 0.0794. The summed E-state index contributed by atoms with van der Waals surface area (Å²) >= 11 is 1.19. The Balaban J connectivity index is 2.11. The number of carbonyl (C=O) groups is 2. The zero-order valence-electron chi connectivity index (χ0n) is 14.1. The molecule has 2 aromatic rings. The molecule has 132 valence electrons. The Morgan fingerprint density at radius 2 is 2.12 bits per heavy atom. The molecule has 0 radical (unpaired) electrons. The Bertz CT molecular complexity index is 772. The molecule has 0 spiro atoms. The van der Waals surface area contributed by atoms with E-state index in [1.54, 1.807) is 10.6 Å². The molecule has 25 heavy (non-hydrogen) atoms. The van der Waals surface area contributed by atoms with Crippen LogP contribution in [0.5, 0.6) is 0 Å². The number of aromatic nitrogens is 3. The number of benzene rings is 1. The van der Waals surface area contributed by atoms with Crippen LogP contribution in [-0.4, -0.2) is 32.3 Å². The minimum Gasteiger partial charge on any atom is -0.369 e. The van der Waals surface area contributed by atoms with Gasteiger partial charge in [0.2, 0.25) is 11.8 Å². The maximum absolute atomic E-state index is 12.4. The van der Waals surface area contributed by atoms with Crippen LogP contribution in [-0.2, 0) is 29.0 Å². The highest BCUT2D eigenvalue weighted by Gasteiger charge is 2.16. The predicted molar refractivity (Wildman–Crippen MR) is 98.3 cm³/mol. The smallest absolute Gasteiger partial charge is 0.232 e. The number of hydrogen-bond donors (Lipinski definition) is 2. The SMILES string of the molecule is C=CCn1c(CC(=O)Nc2ccccc2CC)nnc1SCC(N)=O. The summed E-state index contributed by atoms with van der Waals surface area (Å²) in [5.41, 5.74) is 7.03. The molecule has 0 bridgehead atoms. The summed E-state index contributed by atoms with van der Waals surface area (Å²) in [5, 5.41) is 11.6. The van der Waals surface area contributed by atoms with E-state index in [0.29, 0.717) is 17.5 Å². The highest BCUT2D eigenvalue weighted by molar-refractivity contribution is 7.99. The van der Waals surface area contributed by atoms with Gasteiger partial charge in [-0.3, -0.25) is 9.59 Å². The number of amides is 2. The number of carbonyl (C=O) groups excluding carboxylic acids is 2. The number of primary amides is 1. The standard InChI is InChI=1S/C17H21N5O2S/c1-3-9-22-15(20-21-17(22)25-11-14(18)23)10-16(24)19-13-8-6-5-7-12(13)4-2/h3,5-8H,1,4,9-11H2,2H3,(H2,18,23)(H,19,24). The summed E-state index contributed by atoms with van der Waals surface area (Å²) in [4.78, 5) is 23.3. The van der Waals surface area contributed by atoms with Gasteiger partial charge >= 0.3 is 0 Å². The van der Waals surface area contributed by atoms with E-state index >= 15 is 0 Å². The molecule has 0 fully saturated rings. The number of anilines is 1. The summed E-state index contributed by atoms with van der Waals surface area (Å²) in [5.74, 6) is 0.00256. The lowest BCUT2D eigenvalue weighted by Gasteiger charge is -2.10. The predicted octanol–water partition coefficient (Wildman–Crippen LogP) is 1.79. The summed E-state index contributed by atoms with van der Waals surface area (Å²) in [6.45, 7) is 6.19.